The van der Waals surface area contributed by atoms with Crippen molar-refractivity contribution in [2.24, 2.45) is 0 Å². The van der Waals surface area contributed by atoms with Crippen LogP contribution >= 0.6 is 0 Å². The fourth-order valence-electron chi connectivity index (χ4n) is 2.43. The van der Waals surface area contributed by atoms with E-state index < -0.39 is 17.5 Å². The van der Waals surface area contributed by atoms with E-state index in [9.17, 15) is 13.6 Å². The third kappa shape index (κ3) is 5.19. The van der Waals surface area contributed by atoms with Gasteiger partial charge in [0, 0.05) is 31.4 Å². The SMILES string of the molecule is Cc1nc(NCCNC(=O)c2ccc(F)cc2F)cc(Nc2ccccn2)n1. The summed E-state index contributed by atoms with van der Waals surface area (Å²) in [6.07, 6.45) is 1.67. The molecule has 0 saturated heterocycles. The van der Waals surface area contributed by atoms with E-state index in [0.29, 0.717) is 35.9 Å². The molecule has 0 aliphatic rings. The van der Waals surface area contributed by atoms with E-state index in [4.69, 9.17) is 0 Å². The van der Waals surface area contributed by atoms with Crippen LogP contribution in [0, 0.1) is 18.6 Å². The fourth-order valence-corrected chi connectivity index (χ4v) is 2.43. The maximum absolute atomic E-state index is 13.6. The highest BCUT2D eigenvalue weighted by Gasteiger charge is 2.11. The molecule has 0 bridgehead atoms. The van der Waals surface area contributed by atoms with E-state index in [1.165, 1.54) is 0 Å². The minimum atomic E-state index is -0.901. The second-order valence-electron chi connectivity index (χ2n) is 5.83. The van der Waals surface area contributed by atoms with Crippen LogP contribution in [0.1, 0.15) is 16.2 Å². The van der Waals surface area contributed by atoms with Gasteiger partial charge in [0.25, 0.3) is 5.91 Å². The first-order valence-electron chi connectivity index (χ1n) is 8.52. The Balaban J connectivity index is 1.54. The number of halogens is 2. The molecule has 0 spiro atoms. The number of amides is 1. The number of hydrogen-bond acceptors (Lipinski definition) is 6. The molecule has 0 radical (unpaired) electrons. The number of hydrogen-bond donors (Lipinski definition) is 3. The molecule has 0 aliphatic heterocycles. The summed E-state index contributed by atoms with van der Waals surface area (Å²) in [7, 11) is 0. The Morgan fingerprint density at radius 2 is 1.82 bits per heavy atom. The van der Waals surface area contributed by atoms with Crippen molar-refractivity contribution in [2.75, 3.05) is 23.7 Å². The average Bonchev–Trinajstić information content (AvgIpc) is 2.65. The van der Waals surface area contributed by atoms with Gasteiger partial charge in [-0.2, -0.15) is 0 Å². The lowest BCUT2D eigenvalue weighted by atomic mass is 10.2. The molecule has 3 aromatic rings. The minimum Gasteiger partial charge on any atom is -0.368 e. The summed E-state index contributed by atoms with van der Waals surface area (Å²) >= 11 is 0. The van der Waals surface area contributed by atoms with Crippen LogP contribution in [0.15, 0.2) is 48.7 Å². The molecule has 0 unspecified atom stereocenters. The topological polar surface area (TPSA) is 91.8 Å². The van der Waals surface area contributed by atoms with Crippen LogP contribution in [0.4, 0.5) is 26.2 Å². The smallest absolute Gasteiger partial charge is 0.254 e. The maximum Gasteiger partial charge on any atom is 0.254 e. The van der Waals surface area contributed by atoms with Crippen LogP contribution in [-0.4, -0.2) is 33.9 Å². The number of aromatic nitrogens is 3. The van der Waals surface area contributed by atoms with Gasteiger partial charge in [0.1, 0.15) is 34.9 Å². The molecule has 0 aliphatic carbocycles. The third-order valence-electron chi connectivity index (χ3n) is 3.65. The van der Waals surface area contributed by atoms with Gasteiger partial charge in [-0.25, -0.2) is 23.7 Å². The zero-order chi connectivity index (χ0) is 19.9. The largest absolute Gasteiger partial charge is 0.368 e. The number of anilines is 3. The predicted molar refractivity (Wildman–Crippen MR) is 101 cm³/mol. The molecule has 1 aromatic carbocycles. The van der Waals surface area contributed by atoms with Crippen molar-refractivity contribution >= 4 is 23.4 Å². The fraction of sp³-hybridized carbons (Fsp3) is 0.158. The van der Waals surface area contributed by atoms with Gasteiger partial charge in [-0.15, -0.1) is 0 Å². The van der Waals surface area contributed by atoms with Crippen molar-refractivity contribution in [1.29, 1.82) is 0 Å². The lowest BCUT2D eigenvalue weighted by Crippen LogP contribution is -2.29. The van der Waals surface area contributed by atoms with Crippen molar-refractivity contribution in [3.8, 4) is 0 Å². The summed E-state index contributed by atoms with van der Waals surface area (Å²) in [6.45, 7) is 2.34. The van der Waals surface area contributed by atoms with Crippen molar-refractivity contribution < 1.29 is 13.6 Å². The normalized spacial score (nSPS) is 10.4. The standard InChI is InChI=1S/C19H18F2N6O/c1-12-25-17(11-18(26-12)27-16-4-2-3-7-22-16)23-8-9-24-19(28)14-6-5-13(20)10-15(14)21/h2-7,10-11H,8-9H2,1H3,(H,24,28)(H2,22,23,25,26,27). The van der Waals surface area contributed by atoms with E-state index in [0.717, 1.165) is 12.1 Å². The van der Waals surface area contributed by atoms with E-state index in [1.54, 1.807) is 19.2 Å². The Hall–Kier alpha value is -3.62. The first-order chi connectivity index (χ1) is 13.5. The Morgan fingerprint density at radius 1 is 1.00 bits per heavy atom. The number of nitrogens with one attached hydrogen (secondary N) is 3. The second-order valence-corrected chi connectivity index (χ2v) is 5.83. The number of pyridine rings is 1. The Morgan fingerprint density at radius 3 is 2.57 bits per heavy atom. The van der Waals surface area contributed by atoms with E-state index in [1.807, 2.05) is 18.2 Å². The Kier molecular flexibility index (Phi) is 6.05. The molecule has 9 heteroatoms. The minimum absolute atomic E-state index is 0.207. The molecule has 0 atom stereocenters. The molecule has 3 N–H and O–H groups in total. The zero-order valence-electron chi connectivity index (χ0n) is 15.0. The van der Waals surface area contributed by atoms with Crippen LogP contribution in [0.25, 0.3) is 0 Å². The van der Waals surface area contributed by atoms with Crippen molar-refractivity contribution in [1.82, 2.24) is 20.3 Å². The lowest BCUT2D eigenvalue weighted by molar-refractivity contribution is 0.0951. The van der Waals surface area contributed by atoms with Gasteiger partial charge in [0.15, 0.2) is 0 Å². The summed E-state index contributed by atoms with van der Waals surface area (Å²) in [6, 6.07) is 10.0. The quantitative estimate of drug-likeness (QED) is 0.543. The number of nitrogens with zero attached hydrogens (tertiary/aromatic N) is 3. The molecule has 2 aromatic heterocycles. The molecule has 1 amide bonds. The molecule has 7 nitrogen and oxygen atoms in total. The Bertz CT molecular complexity index is 968. The van der Waals surface area contributed by atoms with E-state index >= 15 is 0 Å². The van der Waals surface area contributed by atoms with Crippen molar-refractivity contribution in [3.05, 3.63) is 71.7 Å². The van der Waals surface area contributed by atoms with Gasteiger partial charge in [-0.3, -0.25) is 4.79 Å². The van der Waals surface area contributed by atoms with Gasteiger partial charge in [-0.05, 0) is 31.2 Å². The monoisotopic (exact) mass is 384 g/mol. The Labute approximate surface area is 160 Å². The van der Waals surface area contributed by atoms with Crippen LogP contribution in [-0.2, 0) is 0 Å². The van der Waals surface area contributed by atoms with Crippen LogP contribution in [0.3, 0.4) is 0 Å². The van der Waals surface area contributed by atoms with Gasteiger partial charge >= 0.3 is 0 Å². The first kappa shape index (κ1) is 19.2. The highest BCUT2D eigenvalue weighted by atomic mass is 19.1. The number of benzene rings is 1. The molecule has 0 saturated carbocycles. The van der Waals surface area contributed by atoms with Gasteiger partial charge in [-0.1, -0.05) is 6.07 Å². The maximum atomic E-state index is 13.6. The van der Waals surface area contributed by atoms with E-state index in [2.05, 4.69) is 30.9 Å². The molecular weight excluding hydrogens is 366 g/mol. The van der Waals surface area contributed by atoms with Gasteiger partial charge < -0.3 is 16.0 Å². The molecule has 0 fully saturated rings. The molecule has 28 heavy (non-hydrogen) atoms. The summed E-state index contributed by atoms with van der Waals surface area (Å²) in [5.41, 5.74) is -0.207. The van der Waals surface area contributed by atoms with Crippen molar-refractivity contribution in [2.45, 2.75) is 6.92 Å². The van der Waals surface area contributed by atoms with Crippen LogP contribution in [0.5, 0.6) is 0 Å². The molecule has 2 heterocycles. The predicted octanol–water partition coefficient (Wildman–Crippen LogP) is 3.04. The molecule has 144 valence electrons. The second kappa shape index (κ2) is 8.85. The highest BCUT2D eigenvalue weighted by Crippen LogP contribution is 2.15. The van der Waals surface area contributed by atoms with E-state index in [-0.39, 0.29) is 12.1 Å². The zero-order valence-corrected chi connectivity index (χ0v) is 15.0. The summed E-state index contributed by atoms with van der Waals surface area (Å²) in [4.78, 5) is 24.7. The average molecular weight is 384 g/mol. The number of carbonyl (C=O) groups excluding carboxylic acids is 1. The molecular formula is C19H18F2N6O. The van der Waals surface area contributed by atoms with Gasteiger partial charge in [0.05, 0.1) is 5.56 Å². The van der Waals surface area contributed by atoms with Gasteiger partial charge in [0.2, 0.25) is 0 Å². The lowest BCUT2D eigenvalue weighted by Gasteiger charge is -2.10. The number of carbonyl (C=O) groups is 1. The highest BCUT2D eigenvalue weighted by molar-refractivity contribution is 5.94. The summed E-state index contributed by atoms with van der Waals surface area (Å²) < 4.78 is 26.5. The summed E-state index contributed by atoms with van der Waals surface area (Å²) in [5.74, 6) is 0.100. The molecule has 3 rings (SSSR count). The number of rotatable bonds is 7. The third-order valence-corrected chi connectivity index (χ3v) is 3.65. The number of aryl methyl sites for hydroxylation is 1. The summed E-state index contributed by atoms with van der Waals surface area (Å²) in [5, 5.41) is 8.71. The van der Waals surface area contributed by atoms with Crippen LogP contribution in [0.2, 0.25) is 0 Å². The van der Waals surface area contributed by atoms with Crippen molar-refractivity contribution in [3.63, 3.8) is 0 Å². The first-order valence-corrected chi connectivity index (χ1v) is 8.52. The van der Waals surface area contributed by atoms with Crippen LogP contribution < -0.4 is 16.0 Å².